The summed E-state index contributed by atoms with van der Waals surface area (Å²) in [6.07, 6.45) is 1.32. The Bertz CT molecular complexity index is 880. The normalized spacial score (nSPS) is 10.3. The predicted molar refractivity (Wildman–Crippen MR) is 96.0 cm³/mol. The van der Waals surface area contributed by atoms with Crippen molar-refractivity contribution in [3.63, 3.8) is 0 Å². The number of methoxy groups -OCH3 is 3. The van der Waals surface area contributed by atoms with Crippen molar-refractivity contribution >= 4 is 11.6 Å². The Morgan fingerprint density at radius 1 is 1.00 bits per heavy atom. The number of ether oxygens (including phenoxy) is 3. The lowest BCUT2D eigenvalue weighted by molar-refractivity contribution is 0.102. The van der Waals surface area contributed by atoms with E-state index in [0.29, 0.717) is 28.8 Å². The fourth-order valence-corrected chi connectivity index (χ4v) is 2.44. The van der Waals surface area contributed by atoms with Gasteiger partial charge in [-0.2, -0.15) is 0 Å². The van der Waals surface area contributed by atoms with Crippen molar-refractivity contribution < 1.29 is 23.4 Å². The lowest BCUT2D eigenvalue weighted by atomic mass is 10.2. The molecule has 0 spiro atoms. The Labute approximate surface area is 150 Å². The van der Waals surface area contributed by atoms with E-state index in [2.05, 4.69) is 10.3 Å². The Balaban J connectivity index is 1.83. The van der Waals surface area contributed by atoms with Gasteiger partial charge in [-0.25, -0.2) is 4.98 Å². The van der Waals surface area contributed by atoms with Crippen molar-refractivity contribution in [2.24, 2.45) is 0 Å². The standard InChI is InChI=1S/C19H18N2O5/c1-23-15-9-13(10-16(24-2)17(15)25-3)20-18(22)14-11-26-19(21-14)12-7-5-4-6-8-12/h4-11H,1-3H3,(H,20,22). The second-order valence-electron chi connectivity index (χ2n) is 5.27. The summed E-state index contributed by atoms with van der Waals surface area (Å²) in [7, 11) is 4.53. The molecule has 1 N–H and O–H groups in total. The van der Waals surface area contributed by atoms with Crippen LogP contribution in [0.1, 0.15) is 10.5 Å². The first kappa shape index (κ1) is 17.3. The number of rotatable bonds is 6. The third-order valence-electron chi connectivity index (χ3n) is 3.68. The van der Waals surface area contributed by atoms with E-state index < -0.39 is 5.91 Å². The molecule has 0 aliphatic heterocycles. The van der Waals surface area contributed by atoms with Crippen molar-refractivity contribution in [2.75, 3.05) is 26.6 Å². The molecule has 0 saturated heterocycles. The van der Waals surface area contributed by atoms with E-state index in [0.717, 1.165) is 5.56 Å². The molecule has 0 fully saturated rings. The highest BCUT2D eigenvalue weighted by Gasteiger charge is 2.17. The summed E-state index contributed by atoms with van der Waals surface area (Å²) in [4.78, 5) is 16.7. The molecule has 0 aliphatic carbocycles. The zero-order chi connectivity index (χ0) is 18.5. The van der Waals surface area contributed by atoms with Crippen molar-refractivity contribution in [1.29, 1.82) is 0 Å². The molecule has 0 radical (unpaired) electrons. The summed E-state index contributed by atoms with van der Waals surface area (Å²) in [5.74, 6) is 1.28. The van der Waals surface area contributed by atoms with Crippen molar-refractivity contribution in [2.45, 2.75) is 0 Å². The Kier molecular flexibility index (Phi) is 5.07. The third-order valence-corrected chi connectivity index (χ3v) is 3.68. The van der Waals surface area contributed by atoms with E-state index in [1.54, 1.807) is 12.1 Å². The molecule has 26 heavy (non-hydrogen) atoms. The minimum Gasteiger partial charge on any atom is -0.493 e. The Morgan fingerprint density at radius 3 is 2.23 bits per heavy atom. The minimum absolute atomic E-state index is 0.164. The SMILES string of the molecule is COc1cc(NC(=O)c2coc(-c3ccccc3)n2)cc(OC)c1OC. The van der Waals surface area contributed by atoms with Gasteiger partial charge in [0, 0.05) is 23.4 Å². The molecule has 3 rings (SSSR count). The van der Waals surface area contributed by atoms with Crippen LogP contribution in [-0.2, 0) is 0 Å². The van der Waals surface area contributed by atoms with Gasteiger partial charge in [-0.3, -0.25) is 4.79 Å². The summed E-state index contributed by atoms with van der Waals surface area (Å²) in [6.45, 7) is 0. The molecular formula is C19H18N2O5. The first-order valence-electron chi connectivity index (χ1n) is 7.78. The summed E-state index contributed by atoms with van der Waals surface area (Å²) in [5, 5.41) is 2.75. The van der Waals surface area contributed by atoms with Crippen LogP contribution in [-0.4, -0.2) is 32.2 Å². The number of benzene rings is 2. The number of carbonyl (C=O) groups is 1. The molecule has 7 nitrogen and oxygen atoms in total. The molecule has 0 aliphatic rings. The lowest BCUT2D eigenvalue weighted by Crippen LogP contribution is -2.12. The highest BCUT2D eigenvalue weighted by Crippen LogP contribution is 2.40. The van der Waals surface area contributed by atoms with Crippen molar-refractivity contribution in [3.05, 3.63) is 54.4 Å². The molecule has 134 valence electrons. The quantitative estimate of drug-likeness (QED) is 0.728. The van der Waals surface area contributed by atoms with Gasteiger partial charge >= 0.3 is 0 Å². The largest absolute Gasteiger partial charge is 0.493 e. The van der Waals surface area contributed by atoms with Gasteiger partial charge in [0.1, 0.15) is 6.26 Å². The smallest absolute Gasteiger partial charge is 0.277 e. The lowest BCUT2D eigenvalue weighted by Gasteiger charge is -2.14. The second-order valence-corrected chi connectivity index (χ2v) is 5.27. The zero-order valence-corrected chi connectivity index (χ0v) is 14.6. The van der Waals surface area contributed by atoms with Gasteiger partial charge in [-0.1, -0.05) is 18.2 Å². The average Bonchev–Trinajstić information content (AvgIpc) is 3.18. The minimum atomic E-state index is -0.412. The molecule has 0 saturated carbocycles. The number of amides is 1. The maximum Gasteiger partial charge on any atom is 0.277 e. The van der Waals surface area contributed by atoms with E-state index >= 15 is 0 Å². The topological polar surface area (TPSA) is 82.8 Å². The number of oxazole rings is 1. The van der Waals surface area contributed by atoms with Crippen LogP contribution in [0.3, 0.4) is 0 Å². The molecule has 7 heteroatoms. The van der Waals surface area contributed by atoms with Gasteiger partial charge in [0.15, 0.2) is 17.2 Å². The number of carbonyl (C=O) groups excluding carboxylic acids is 1. The average molecular weight is 354 g/mol. The number of aromatic nitrogens is 1. The Morgan fingerprint density at radius 2 is 1.65 bits per heavy atom. The van der Waals surface area contributed by atoms with Crippen LogP contribution in [0.15, 0.2) is 53.1 Å². The molecule has 1 heterocycles. The van der Waals surface area contributed by atoms with Crippen LogP contribution in [0.4, 0.5) is 5.69 Å². The summed E-state index contributed by atoms with van der Waals surface area (Å²) >= 11 is 0. The zero-order valence-electron chi connectivity index (χ0n) is 14.6. The van der Waals surface area contributed by atoms with Crippen LogP contribution in [0.5, 0.6) is 17.2 Å². The Hall–Kier alpha value is -3.48. The summed E-state index contributed by atoms with van der Waals surface area (Å²) < 4.78 is 21.2. The van der Waals surface area contributed by atoms with Gasteiger partial charge < -0.3 is 23.9 Å². The number of hydrogen-bond donors (Lipinski definition) is 1. The maximum absolute atomic E-state index is 12.5. The van der Waals surface area contributed by atoms with E-state index in [1.807, 2.05) is 30.3 Å². The molecule has 2 aromatic carbocycles. The van der Waals surface area contributed by atoms with Crippen LogP contribution in [0.25, 0.3) is 11.5 Å². The number of nitrogens with zero attached hydrogens (tertiary/aromatic N) is 1. The fraction of sp³-hybridized carbons (Fsp3) is 0.158. The second kappa shape index (κ2) is 7.60. The predicted octanol–water partition coefficient (Wildman–Crippen LogP) is 3.62. The van der Waals surface area contributed by atoms with Gasteiger partial charge in [-0.15, -0.1) is 0 Å². The molecule has 0 atom stereocenters. The molecule has 0 unspecified atom stereocenters. The molecule has 3 aromatic rings. The van der Waals surface area contributed by atoms with Crippen LogP contribution >= 0.6 is 0 Å². The fourth-order valence-electron chi connectivity index (χ4n) is 2.44. The van der Waals surface area contributed by atoms with Crippen LogP contribution in [0.2, 0.25) is 0 Å². The van der Waals surface area contributed by atoms with E-state index in [4.69, 9.17) is 18.6 Å². The monoisotopic (exact) mass is 354 g/mol. The first-order valence-corrected chi connectivity index (χ1v) is 7.78. The van der Waals surface area contributed by atoms with Crippen LogP contribution in [0, 0.1) is 0 Å². The van der Waals surface area contributed by atoms with E-state index in [-0.39, 0.29) is 5.69 Å². The summed E-state index contributed by atoms with van der Waals surface area (Å²) in [5.41, 5.74) is 1.44. The summed E-state index contributed by atoms with van der Waals surface area (Å²) in [6, 6.07) is 12.6. The van der Waals surface area contributed by atoms with Gasteiger partial charge in [0.25, 0.3) is 5.91 Å². The molecule has 0 bridgehead atoms. The van der Waals surface area contributed by atoms with Gasteiger partial charge in [0.2, 0.25) is 11.6 Å². The van der Waals surface area contributed by atoms with Gasteiger partial charge in [0.05, 0.1) is 21.3 Å². The molecular weight excluding hydrogens is 336 g/mol. The highest BCUT2D eigenvalue weighted by molar-refractivity contribution is 6.03. The highest BCUT2D eigenvalue weighted by atomic mass is 16.5. The first-order chi connectivity index (χ1) is 12.7. The number of hydrogen-bond acceptors (Lipinski definition) is 6. The van der Waals surface area contributed by atoms with Gasteiger partial charge in [-0.05, 0) is 12.1 Å². The van der Waals surface area contributed by atoms with Crippen LogP contribution < -0.4 is 19.5 Å². The third kappa shape index (κ3) is 3.46. The van der Waals surface area contributed by atoms with E-state index in [1.165, 1.54) is 27.6 Å². The number of nitrogens with one attached hydrogen (secondary N) is 1. The van der Waals surface area contributed by atoms with Crippen molar-refractivity contribution in [3.8, 4) is 28.7 Å². The molecule has 1 aromatic heterocycles. The maximum atomic E-state index is 12.5. The van der Waals surface area contributed by atoms with Crippen molar-refractivity contribution in [1.82, 2.24) is 4.98 Å². The number of anilines is 1. The molecule has 1 amide bonds. The van der Waals surface area contributed by atoms with E-state index in [9.17, 15) is 4.79 Å².